The Kier molecular flexibility index (Phi) is 3.31. The molecular weight excluding hydrogens is 216 g/mol. The lowest BCUT2D eigenvalue weighted by atomic mass is 9.83. The first-order chi connectivity index (χ1) is 8.09. The lowest BCUT2D eigenvalue weighted by Crippen LogP contribution is -2.36. The first-order valence-electron chi connectivity index (χ1n) is 6.12. The van der Waals surface area contributed by atoms with Crippen LogP contribution in [0, 0.1) is 10.1 Å². The van der Waals surface area contributed by atoms with Crippen molar-refractivity contribution in [1.82, 2.24) is 0 Å². The minimum atomic E-state index is -0.369. The Morgan fingerprint density at radius 2 is 1.76 bits per heavy atom. The zero-order valence-electron chi connectivity index (χ0n) is 10.1. The number of nitro groups is 1. The Balaban J connectivity index is 2.05. The van der Waals surface area contributed by atoms with Gasteiger partial charge < -0.3 is 5.32 Å². The molecule has 1 aromatic rings. The van der Waals surface area contributed by atoms with Gasteiger partial charge in [0.05, 0.1) is 4.92 Å². The molecule has 0 bridgehead atoms. The predicted molar refractivity (Wildman–Crippen MR) is 68.2 cm³/mol. The maximum atomic E-state index is 10.6. The summed E-state index contributed by atoms with van der Waals surface area (Å²) < 4.78 is 0. The Bertz CT molecular complexity index is 394. The number of benzene rings is 1. The largest absolute Gasteiger partial charge is 0.380 e. The molecule has 4 nitrogen and oxygen atoms in total. The fourth-order valence-electron chi connectivity index (χ4n) is 2.47. The van der Waals surface area contributed by atoms with Crippen LogP contribution in [0.15, 0.2) is 24.3 Å². The SMILES string of the molecule is CC1(Nc2ccc([N+](=O)[O-])cc2)CCCCC1. The molecule has 1 aliphatic rings. The monoisotopic (exact) mass is 234 g/mol. The molecule has 0 unspecified atom stereocenters. The van der Waals surface area contributed by atoms with Gasteiger partial charge in [-0.3, -0.25) is 10.1 Å². The smallest absolute Gasteiger partial charge is 0.269 e. The van der Waals surface area contributed by atoms with Gasteiger partial charge in [0.2, 0.25) is 0 Å². The van der Waals surface area contributed by atoms with Crippen LogP contribution in [0.2, 0.25) is 0 Å². The molecule has 0 atom stereocenters. The topological polar surface area (TPSA) is 55.2 Å². The summed E-state index contributed by atoms with van der Waals surface area (Å²) in [5, 5.41) is 14.1. The van der Waals surface area contributed by atoms with Crippen LogP contribution in [-0.4, -0.2) is 10.5 Å². The molecule has 0 saturated heterocycles. The second kappa shape index (κ2) is 4.73. The number of anilines is 1. The van der Waals surface area contributed by atoms with Gasteiger partial charge in [-0.15, -0.1) is 0 Å². The van der Waals surface area contributed by atoms with E-state index in [0.717, 1.165) is 5.69 Å². The normalized spacial score (nSPS) is 18.6. The van der Waals surface area contributed by atoms with Crippen LogP contribution in [0.25, 0.3) is 0 Å². The van der Waals surface area contributed by atoms with Crippen LogP contribution in [0.5, 0.6) is 0 Å². The molecule has 1 saturated carbocycles. The number of nitrogens with zero attached hydrogens (tertiary/aromatic N) is 1. The molecule has 2 rings (SSSR count). The number of rotatable bonds is 3. The third kappa shape index (κ3) is 2.96. The summed E-state index contributed by atoms with van der Waals surface area (Å²) in [7, 11) is 0. The van der Waals surface area contributed by atoms with Gasteiger partial charge in [-0.2, -0.15) is 0 Å². The van der Waals surface area contributed by atoms with Gasteiger partial charge in [-0.25, -0.2) is 0 Å². The van der Waals surface area contributed by atoms with Gasteiger partial charge in [0.1, 0.15) is 0 Å². The van der Waals surface area contributed by atoms with E-state index in [9.17, 15) is 10.1 Å². The summed E-state index contributed by atoms with van der Waals surface area (Å²) in [4.78, 5) is 10.2. The van der Waals surface area contributed by atoms with Gasteiger partial charge in [0.25, 0.3) is 5.69 Å². The molecule has 1 fully saturated rings. The second-order valence-corrected chi connectivity index (χ2v) is 5.05. The zero-order valence-corrected chi connectivity index (χ0v) is 10.1. The van der Waals surface area contributed by atoms with E-state index >= 15 is 0 Å². The first-order valence-corrected chi connectivity index (χ1v) is 6.12. The van der Waals surface area contributed by atoms with E-state index in [2.05, 4.69) is 12.2 Å². The number of nitro benzene ring substituents is 1. The van der Waals surface area contributed by atoms with Gasteiger partial charge in [0.15, 0.2) is 0 Å². The molecule has 0 spiro atoms. The molecule has 92 valence electrons. The molecule has 17 heavy (non-hydrogen) atoms. The van der Waals surface area contributed by atoms with Gasteiger partial charge >= 0.3 is 0 Å². The fraction of sp³-hybridized carbons (Fsp3) is 0.538. The van der Waals surface area contributed by atoms with Crippen molar-refractivity contribution >= 4 is 11.4 Å². The van der Waals surface area contributed by atoms with E-state index in [0.29, 0.717) is 0 Å². The molecule has 0 amide bonds. The van der Waals surface area contributed by atoms with Crippen molar-refractivity contribution in [2.45, 2.75) is 44.6 Å². The minimum Gasteiger partial charge on any atom is -0.380 e. The highest BCUT2D eigenvalue weighted by molar-refractivity contribution is 5.50. The summed E-state index contributed by atoms with van der Waals surface area (Å²) in [6.45, 7) is 2.23. The van der Waals surface area contributed by atoms with Crippen molar-refractivity contribution in [3.63, 3.8) is 0 Å². The maximum Gasteiger partial charge on any atom is 0.269 e. The van der Waals surface area contributed by atoms with Crippen LogP contribution < -0.4 is 5.32 Å². The molecule has 0 aliphatic heterocycles. The lowest BCUT2D eigenvalue weighted by molar-refractivity contribution is -0.384. The van der Waals surface area contributed by atoms with Gasteiger partial charge in [-0.1, -0.05) is 19.3 Å². The minimum absolute atomic E-state index is 0.143. The summed E-state index contributed by atoms with van der Waals surface area (Å²) in [6, 6.07) is 6.68. The maximum absolute atomic E-state index is 10.6. The Labute approximate surface area is 101 Å². The summed E-state index contributed by atoms with van der Waals surface area (Å²) >= 11 is 0. The summed E-state index contributed by atoms with van der Waals surface area (Å²) in [5.74, 6) is 0. The third-order valence-corrected chi connectivity index (χ3v) is 3.48. The van der Waals surface area contributed by atoms with Crippen LogP contribution >= 0.6 is 0 Å². The van der Waals surface area contributed by atoms with E-state index in [4.69, 9.17) is 0 Å². The highest BCUT2D eigenvalue weighted by Crippen LogP contribution is 2.31. The average molecular weight is 234 g/mol. The van der Waals surface area contributed by atoms with E-state index < -0.39 is 0 Å². The van der Waals surface area contributed by atoms with Gasteiger partial charge in [-0.05, 0) is 31.9 Å². The number of hydrogen-bond donors (Lipinski definition) is 1. The molecular formula is C13H18N2O2. The molecule has 4 heteroatoms. The van der Waals surface area contributed by atoms with Crippen molar-refractivity contribution in [2.75, 3.05) is 5.32 Å². The average Bonchev–Trinajstić information content (AvgIpc) is 2.30. The molecule has 1 aliphatic carbocycles. The first kappa shape index (κ1) is 11.9. The standard InChI is InChI=1S/C13H18N2O2/c1-13(9-3-2-4-10-13)14-11-5-7-12(8-6-11)15(16)17/h5-8,14H,2-4,9-10H2,1H3. The number of non-ortho nitro benzene ring substituents is 1. The van der Waals surface area contributed by atoms with E-state index in [-0.39, 0.29) is 16.1 Å². The number of nitrogens with one attached hydrogen (secondary N) is 1. The Hall–Kier alpha value is -1.58. The van der Waals surface area contributed by atoms with E-state index in [1.807, 2.05) is 0 Å². The summed E-state index contributed by atoms with van der Waals surface area (Å²) in [6.07, 6.45) is 6.18. The predicted octanol–water partition coefficient (Wildman–Crippen LogP) is 3.73. The van der Waals surface area contributed by atoms with Crippen molar-refractivity contribution < 1.29 is 4.92 Å². The molecule has 0 aromatic heterocycles. The van der Waals surface area contributed by atoms with E-state index in [1.54, 1.807) is 24.3 Å². The molecule has 0 radical (unpaired) electrons. The van der Waals surface area contributed by atoms with Crippen molar-refractivity contribution in [3.05, 3.63) is 34.4 Å². The zero-order chi connectivity index (χ0) is 12.3. The van der Waals surface area contributed by atoms with Crippen molar-refractivity contribution in [2.24, 2.45) is 0 Å². The molecule has 1 aromatic carbocycles. The van der Waals surface area contributed by atoms with Crippen LogP contribution in [0.3, 0.4) is 0 Å². The fourth-order valence-corrected chi connectivity index (χ4v) is 2.47. The molecule has 1 N–H and O–H groups in total. The highest BCUT2D eigenvalue weighted by atomic mass is 16.6. The third-order valence-electron chi connectivity index (χ3n) is 3.48. The van der Waals surface area contributed by atoms with E-state index in [1.165, 1.54) is 32.1 Å². The van der Waals surface area contributed by atoms with Crippen LogP contribution in [-0.2, 0) is 0 Å². The Morgan fingerprint density at radius 3 is 2.29 bits per heavy atom. The van der Waals surface area contributed by atoms with Gasteiger partial charge in [0, 0.05) is 23.4 Å². The van der Waals surface area contributed by atoms with Crippen molar-refractivity contribution in [1.29, 1.82) is 0 Å². The van der Waals surface area contributed by atoms with Crippen LogP contribution in [0.1, 0.15) is 39.0 Å². The molecule has 0 heterocycles. The highest BCUT2D eigenvalue weighted by Gasteiger charge is 2.26. The Morgan fingerprint density at radius 1 is 1.18 bits per heavy atom. The second-order valence-electron chi connectivity index (χ2n) is 5.05. The van der Waals surface area contributed by atoms with Crippen molar-refractivity contribution in [3.8, 4) is 0 Å². The lowest BCUT2D eigenvalue weighted by Gasteiger charge is -2.35. The quantitative estimate of drug-likeness (QED) is 0.640. The summed E-state index contributed by atoms with van der Waals surface area (Å²) in [5.41, 5.74) is 1.26. The van der Waals surface area contributed by atoms with Crippen LogP contribution in [0.4, 0.5) is 11.4 Å². The number of hydrogen-bond acceptors (Lipinski definition) is 3.